The number of hydrogen-bond acceptors (Lipinski definition) is 13. The highest BCUT2D eigenvalue weighted by atomic mass is 32.2. The molecule has 15 nitrogen and oxygen atoms in total. The smallest absolute Gasteiger partial charge is 0.344 e. The molecule has 0 radical (unpaired) electrons. The van der Waals surface area contributed by atoms with E-state index in [1.807, 2.05) is 0 Å². The Balaban J connectivity index is 1.53. The van der Waals surface area contributed by atoms with Crippen molar-refractivity contribution < 1.29 is 43.9 Å². The van der Waals surface area contributed by atoms with Crippen molar-refractivity contribution in [3.05, 3.63) is 47.2 Å². The summed E-state index contributed by atoms with van der Waals surface area (Å²) in [6.07, 6.45) is 3.35. The molecule has 5 N–H and O–H groups in total. The molecule has 0 bridgehead atoms. The fraction of sp³-hybridized carbons (Fsp3) is 0.300. The van der Waals surface area contributed by atoms with Crippen LogP contribution in [0.3, 0.4) is 0 Å². The van der Waals surface area contributed by atoms with Gasteiger partial charge in [-0.05, 0) is 6.07 Å². The Morgan fingerprint density at radius 3 is 2.84 bits per heavy atom. The lowest BCUT2D eigenvalue weighted by Gasteiger charge is -2.50. The number of carbonyl (C=O) groups excluding carboxylic acids is 3. The van der Waals surface area contributed by atoms with Gasteiger partial charge in [0.1, 0.15) is 11.4 Å². The standard InChI is InChI=1S/C20H19N7O8S2/c21-20-23-15(25-37-20)12(24-35-7-11(29)30)16(31)22-13-17(32)27-14(19(33)34)10(8-36-18(13)27)5-26-3-1-2-9(4-26)6-28/h1-4,13,18,28H,5-8H2,(H4-,21,22,23,25,29,30,31,33,34)/t13?,18-/m0/s1. The SMILES string of the molecule is Nc1nc(C(=NOCC(=O)O)C(=O)NC2C(=O)N3C(C(=O)[O-])=C(C[n+]4cccc(CO)c4)CS[C@@H]23)ns1. The minimum atomic E-state index is -1.54. The van der Waals surface area contributed by atoms with E-state index in [9.17, 15) is 29.4 Å². The van der Waals surface area contributed by atoms with E-state index in [0.717, 1.165) is 16.4 Å². The first-order valence-electron chi connectivity index (χ1n) is 10.5. The molecule has 2 aliphatic heterocycles. The van der Waals surface area contributed by atoms with Crippen LogP contribution in [0.4, 0.5) is 5.13 Å². The second kappa shape index (κ2) is 10.9. The van der Waals surface area contributed by atoms with E-state index in [0.29, 0.717) is 11.1 Å². The maximum absolute atomic E-state index is 12.9. The highest BCUT2D eigenvalue weighted by Crippen LogP contribution is 2.40. The zero-order valence-corrected chi connectivity index (χ0v) is 20.4. The Morgan fingerprint density at radius 2 is 2.19 bits per heavy atom. The number of carbonyl (C=O) groups is 4. The van der Waals surface area contributed by atoms with Gasteiger partial charge in [-0.2, -0.15) is 9.36 Å². The molecule has 2 aromatic heterocycles. The molecule has 4 rings (SSSR count). The third kappa shape index (κ3) is 5.52. The number of aromatic nitrogens is 3. The van der Waals surface area contributed by atoms with Crippen LogP contribution >= 0.6 is 23.3 Å². The molecule has 4 heterocycles. The third-order valence-electron chi connectivity index (χ3n) is 5.22. The Labute approximate surface area is 216 Å². The van der Waals surface area contributed by atoms with Crippen molar-refractivity contribution >= 4 is 57.9 Å². The van der Waals surface area contributed by atoms with Gasteiger partial charge in [0.15, 0.2) is 24.1 Å². The first-order valence-corrected chi connectivity index (χ1v) is 12.3. The number of oxime groups is 1. The number of anilines is 1. The summed E-state index contributed by atoms with van der Waals surface area (Å²) in [6, 6.07) is 2.30. The minimum Gasteiger partial charge on any atom is -0.543 e. The summed E-state index contributed by atoms with van der Waals surface area (Å²) < 4.78 is 5.54. The van der Waals surface area contributed by atoms with E-state index in [1.54, 1.807) is 29.1 Å². The number of fused-ring (bicyclic) bond motifs is 1. The molecule has 1 saturated heterocycles. The first-order chi connectivity index (χ1) is 17.7. The maximum atomic E-state index is 12.9. The van der Waals surface area contributed by atoms with E-state index in [1.165, 1.54) is 11.8 Å². The summed E-state index contributed by atoms with van der Waals surface area (Å²) in [7, 11) is 0. The molecule has 0 saturated carbocycles. The van der Waals surface area contributed by atoms with Crippen molar-refractivity contribution in [2.75, 3.05) is 18.1 Å². The van der Waals surface area contributed by atoms with Crippen LogP contribution in [0.25, 0.3) is 0 Å². The number of pyridine rings is 1. The predicted octanol–water partition coefficient (Wildman–Crippen LogP) is -3.19. The van der Waals surface area contributed by atoms with Crippen LogP contribution in [0, 0.1) is 0 Å². The van der Waals surface area contributed by atoms with E-state index < -0.39 is 47.5 Å². The number of nitrogen functional groups attached to an aromatic ring is 1. The number of β-lactam (4-membered cyclic amide) rings is 1. The topological polar surface area (TPSA) is 224 Å². The normalized spacial score (nSPS) is 19.2. The number of aliphatic hydroxyl groups excluding tert-OH is 1. The Hall–Kier alpha value is -4.09. The van der Waals surface area contributed by atoms with Crippen molar-refractivity contribution in [1.29, 1.82) is 0 Å². The number of carboxylic acid groups (broad SMARTS) is 2. The fourth-order valence-electron chi connectivity index (χ4n) is 3.66. The second-order valence-electron chi connectivity index (χ2n) is 7.71. The molecule has 0 aliphatic carbocycles. The third-order valence-corrected chi connectivity index (χ3v) is 7.10. The van der Waals surface area contributed by atoms with Crippen molar-refractivity contribution in [3.63, 3.8) is 0 Å². The summed E-state index contributed by atoms with van der Waals surface area (Å²) in [4.78, 5) is 58.1. The molecule has 2 aromatic rings. The molecular formula is C20H19N7O8S2. The van der Waals surface area contributed by atoms with Gasteiger partial charge in [-0.3, -0.25) is 14.5 Å². The van der Waals surface area contributed by atoms with Gasteiger partial charge in [-0.25, -0.2) is 9.36 Å². The summed E-state index contributed by atoms with van der Waals surface area (Å²) >= 11 is 2.00. The Bertz CT molecular complexity index is 1330. The number of amides is 2. The van der Waals surface area contributed by atoms with Crippen LogP contribution < -0.4 is 20.7 Å². The van der Waals surface area contributed by atoms with Crippen LogP contribution in [0.5, 0.6) is 0 Å². The molecule has 2 aliphatic rings. The van der Waals surface area contributed by atoms with Crippen molar-refractivity contribution in [1.82, 2.24) is 19.6 Å². The Morgan fingerprint density at radius 1 is 1.41 bits per heavy atom. The van der Waals surface area contributed by atoms with Gasteiger partial charge < -0.3 is 36.0 Å². The first kappa shape index (κ1) is 26.0. The second-order valence-corrected chi connectivity index (χ2v) is 9.59. The van der Waals surface area contributed by atoms with E-state index >= 15 is 0 Å². The number of carboxylic acids is 2. The summed E-state index contributed by atoms with van der Waals surface area (Å²) in [5, 5.41) is 35.3. The number of hydrogen-bond donors (Lipinski definition) is 4. The lowest BCUT2D eigenvalue weighted by atomic mass is 10.0. The number of nitrogens with zero attached hydrogens (tertiary/aromatic N) is 5. The largest absolute Gasteiger partial charge is 0.543 e. The molecule has 194 valence electrons. The Kier molecular flexibility index (Phi) is 7.65. The molecule has 1 fully saturated rings. The quantitative estimate of drug-likeness (QED) is 0.0995. The van der Waals surface area contributed by atoms with Crippen molar-refractivity contribution in [2.45, 2.75) is 24.6 Å². The van der Waals surface area contributed by atoms with Crippen molar-refractivity contribution in [2.24, 2.45) is 5.16 Å². The lowest BCUT2D eigenvalue weighted by molar-refractivity contribution is -0.689. The number of nitrogens with one attached hydrogen (secondary N) is 1. The molecule has 2 amide bonds. The maximum Gasteiger partial charge on any atom is 0.344 e. The fourth-order valence-corrected chi connectivity index (χ4v) is 5.43. The van der Waals surface area contributed by atoms with Gasteiger partial charge in [-0.1, -0.05) is 5.16 Å². The monoisotopic (exact) mass is 549 g/mol. The summed E-state index contributed by atoms with van der Waals surface area (Å²) in [5.74, 6) is -4.51. The van der Waals surface area contributed by atoms with Gasteiger partial charge >= 0.3 is 5.97 Å². The number of nitrogens with two attached hydrogens (primary N) is 1. The van der Waals surface area contributed by atoms with Crippen LogP contribution in [-0.4, -0.2) is 77.7 Å². The average Bonchev–Trinajstić information content (AvgIpc) is 3.30. The van der Waals surface area contributed by atoms with Crippen LogP contribution in [-0.2, 0) is 37.2 Å². The molecule has 17 heteroatoms. The zero-order valence-electron chi connectivity index (χ0n) is 18.8. The van der Waals surface area contributed by atoms with Crippen LogP contribution in [0.2, 0.25) is 0 Å². The van der Waals surface area contributed by atoms with Gasteiger partial charge in [0.25, 0.3) is 11.8 Å². The molecule has 37 heavy (non-hydrogen) atoms. The lowest BCUT2D eigenvalue weighted by Crippen LogP contribution is -2.71. The zero-order chi connectivity index (χ0) is 26.7. The predicted molar refractivity (Wildman–Crippen MR) is 124 cm³/mol. The summed E-state index contributed by atoms with van der Waals surface area (Å²) in [6.45, 7) is -0.884. The van der Waals surface area contributed by atoms with Crippen LogP contribution in [0.15, 0.2) is 41.0 Å². The molecule has 1 unspecified atom stereocenters. The van der Waals surface area contributed by atoms with Gasteiger partial charge in [0, 0.05) is 34.5 Å². The number of thioether (sulfide) groups is 1. The highest BCUT2D eigenvalue weighted by molar-refractivity contribution is 8.00. The molecule has 2 atom stereocenters. The number of aliphatic carboxylic acids is 2. The highest BCUT2D eigenvalue weighted by Gasteiger charge is 2.53. The molecule has 0 aromatic carbocycles. The molecular weight excluding hydrogens is 530 g/mol. The van der Waals surface area contributed by atoms with E-state index in [-0.39, 0.29) is 35.6 Å². The number of aliphatic hydroxyl groups is 1. The molecule has 0 spiro atoms. The van der Waals surface area contributed by atoms with Crippen molar-refractivity contribution in [3.8, 4) is 0 Å². The average molecular weight is 550 g/mol. The number of rotatable bonds is 10. The van der Waals surface area contributed by atoms with E-state index in [4.69, 9.17) is 10.8 Å². The van der Waals surface area contributed by atoms with Gasteiger partial charge in [0.05, 0.1) is 18.3 Å². The minimum absolute atomic E-state index is 0.0149. The van der Waals surface area contributed by atoms with Gasteiger partial charge in [-0.15, -0.1) is 11.8 Å². The van der Waals surface area contributed by atoms with E-state index in [2.05, 4.69) is 24.7 Å². The summed E-state index contributed by atoms with van der Waals surface area (Å²) in [5.41, 5.74) is 5.81. The van der Waals surface area contributed by atoms with Crippen LogP contribution in [0.1, 0.15) is 11.4 Å². The van der Waals surface area contributed by atoms with Gasteiger partial charge in [0.2, 0.25) is 18.1 Å².